The lowest BCUT2D eigenvalue weighted by Crippen LogP contribution is -2.41. The average molecular weight is 631 g/mol. The summed E-state index contributed by atoms with van der Waals surface area (Å²) >= 11 is 1.48. The van der Waals surface area contributed by atoms with Crippen LogP contribution in [-0.2, 0) is 16.4 Å². The van der Waals surface area contributed by atoms with Gasteiger partial charge >= 0.3 is 0 Å². The van der Waals surface area contributed by atoms with Gasteiger partial charge in [0.05, 0.1) is 27.6 Å². The molecule has 0 radical (unpaired) electrons. The minimum absolute atomic E-state index is 0.0371. The number of amides is 2. The molecule has 2 aliphatic rings. The van der Waals surface area contributed by atoms with Gasteiger partial charge in [-0.1, -0.05) is 12.1 Å². The monoisotopic (exact) mass is 630 g/mol. The first-order valence-electron chi connectivity index (χ1n) is 14.6. The average Bonchev–Trinajstić information content (AvgIpc) is 3.47. The normalized spacial score (nSPS) is 16.5. The van der Waals surface area contributed by atoms with Crippen LogP contribution in [0.25, 0.3) is 10.6 Å². The standard InChI is InChI=1S/C33H34N4O5S2/c1-20(2)37-16-14-24(15-17-37)42-23-10-8-22(9-11-23)33-35-19-25(43-33)18-34-31(38)26-12-13-29-30(21(26)3)36-32(39)27-6-4-5-7-28(27)44(29,40)41/h4-13,19-20,24H,14-18H2,1-3H3,(H,34,38)(H,36,39). The summed E-state index contributed by atoms with van der Waals surface area (Å²) in [5.74, 6) is -0.0634. The lowest BCUT2D eigenvalue weighted by molar-refractivity contribution is 0.0843. The van der Waals surface area contributed by atoms with Gasteiger partial charge in [-0.05, 0) is 87.7 Å². The number of rotatable bonds is 7. The maximum atomic E-state index is 13.4. The molecule has 0 bridgehead atoms. The van der Waals surface area contributed by atoms with Crippen molar-refractivity contribution in [3.63, 3.8) is 0 Å². The lowest BCUT2D eigenvalue weighted by atomic mass is 10.1. The van der Waals surface area contributed by atoms with Crippen molar-refractivity contribution in [3.8, 4) is 16.3 Å². The van der Waals surface area contributed by atoms with Crippen molar-refractivity contribution in [2.45, 2.75) is 62.1 Å². The summed E-state index contributed by atoms with van der Waals surface area (Å²) in [6.45, 7) is 8.44. The molecule has 2 N–H and O–H groups in total. The highest BCUT2D eigenvalue weighted by Gasteiger charge is 2.33. The van der Waals surface area contributed by atoms with Gasteiger partial charge in [0.2, 0.25) is 9.84 Å². The molecule has 1 aromatic heterocycles. The molecule has 6 rings (SSSR count). The Morgan fingerprint density at radius 1 is 1.07 bits per heavy atom. The van der Waals surface area contributed by atoms with Gasteiger partial charge in [0, 0.05) is 41.3 Å². The molecule has 0 atom stereocenters. The zero-order chi connectivity index (χ0) is 31.0. The second kappa shape index (κ2) is 12.1. The fourth-order valence-electron chi connectivity index (χ4n) is 5.66. The third-order valence-corrected chi connectivity index (χ3v) is 11.1. The number of sulfone groups is 1. The van der Waals surface area contributed by atoms with Crippen LogP contribution in [0.1, 0.15) is 57.8 Å². The molecule has 3 aromatic carbocycles. The Bertz CT molecular complexity index is 1830. The molecule has 1 saturated heterocycles. The number of likely N-dealkylation sites (tertiary alicyclic amines) is 1. The number of benzene rings is 3. The molecule has 0 spiro atoms. The number of nitrogens with zero attached hydrogens (tertiary/aromatic N) is 2. The van der Waals surface area contributed by atoms with Crippen molar-refractivity contribution in [2.75, 3.05) is 18.4 Å². The van der Waals surface area contributed by atoms with E-state index in [1.165, 1.54) is 35.6 Å². The van der Waals surface area contributed by atoms with Gasteiger partial charge in [0.15, 0.2) is 0 Å². The van der Waals surface area contributed by atoms with Crippen molar-refractivity contribution >= 4 is 38.7 Å². The second-order valence-corrected chi connectivity index (χ2v) is 14.4. The summed E-state index contributed by atoms with van der Waals surface area (Å²) in [5.41, 5.74) is 1.81. The number of piperidine rings is 1. The summed E-state index contributed by atoms with van der Waals surface area (Å²) in [4.78, 5) is 33.9. The summed E-state index contributed by atoms with van der Waals surface area (Å²) in [6.07, 6.45) is 4.01. The Morgan fingerprint density at radius 2 is 1.80 bits per heavy atom. The number of carbonyl (C=O) groups is 2. The van der Waals surface area contributed by atoms with Crippen molar-refractivity contribution in [2.24, 2.45) is 0 Å². The molecule has 2 amide bonds. The number of hydrogen-bond acceptors (Lipinski definition) is 8. The van der Waals surface area contributed by atoms with Gasteiger partial charge in [-0.2, -0.15) is 0 Å². The van der Waals surface area contributed by atoms with Gasteiger partial charge in [0.25, 0.3) is 11.8 Å². The van der Waals surface area contributed by atoms with Crippen LogP contribution in [0.2, 0.25) is 0 Å². The smallest absolute Gasteiger partial charge is 0.257 e. The van der Waals surface area contributed by atoms with Gasteiger partial charge in [0.1, 0.15) is 16.9 Å². The molecule has 0 saturated carbocycles. The first kappa shape index (κ1) is 30.0. The number of hydrogen-bond donors (Lipinski definition) is 2. The highest BCUT2D eigenvalue weighted by atomic mass is 32.2. The van der Waals surface area contributed by atoms with Crippen LogP contribution >= 0.6 is 11.3 Å². The SMILES string of the molecule is Cc1c(C(=O)NCc2cnc(-c3ccc(OC4CCN(C(C)C)CC4)cc3)s2)ccc2c1NC(=O)c1ccccc1S2(=O)=O. The predicted molar refractivity (Wildman–Crippen MR) is 170 cm³/mol. The van der Waals surface area contributed by atoms with Crippen LogP contribution < -0.4 is 15.4 Å². The van der Waals surface area contributed by atoms with Crippen LogP contribution in [0.5, 0.6) is 5.75 Å². The maximum Gasteiger partial charge on any atom is 0.257 e. The van der Waals surface area contributed by atoms with E-state index in [1.54, 1.807) is 25.3 Å². The van der Waals surface area contributed by atoms with Crippen LogP contribution in [0, 0.1) is 6.92 Å². The third-order valence-electron chi connectivity index (χ3n) is 8.21. The van der Waals surface area contributed by atoms with E-state index in [1.807, 2.05) is 24.3 Å². The van der Waals surface area contributed by atoms with E-state index >= 15 is 0 Å². The number of aromatic nitrogens is 1. The summed E-state index contributed by atoms with van der Waals surface area (Å²) < 4.78 is 32.9. The Morgan fingerprint density at radius 3 is 2.52 bits per heavy atom. The van der Waals surface area contributed by atoms with Crippen LogP contribution in [0.4, 0.5) is 5.69 Å². The molecule has 1 fully saturated rings. The molecule has 4 aromatic rings. The third kappa shape index (κ3) is 5.87. The minimum atomic E-state index is -3.96. The first-order chi connectivity index (χ1) is 21.1. The minimum Gasteiger partial charge on any atom is -0.490 e. The van der Waals surface area contributed by atoms with E-state index in [-0.39, 0.29) is 45.2 Å². The number of carbonyl (C=O) groups excluding carboxylic acids is 2. The summed E-state index contributed by atoms with van der Waals surface area (Å²) in [5, 5.41) is 6.44. The van der Waals surface area contributed by atoms with E-state index in [9.17, 15) is 18.0 Å². The Labute approximate surface area is 261 Å². The van der Waals surface area contributed by atoms with E-state index in [0.717, 1.165) is 47.1 Å². The van der Waals surface area contributed by atoms with Crippen molar-refractivity contribution in [1.29, 1.82) is 0 Å². The number of anilines is 1. The van der Waals surface area contributed by atoms with Crippen LogP contribution in [-0.4, -0.2) is 55.4 Å². The Hall–Kier alpha value is -4.06. The number of nitrogens with one attached hydrogen (secondary N) is 2. The predicted octanol–water partition coefficient (Wildman–Crippen LogP) is 5.70. The zero-order valence-electron chi connectivity index (χ0n) is 24.8. The fraction of sp³-hybridized carbons (Fsp3) is 0.303. The van der Waals surface area contributed by atoms with Crippen molar-refractivity contribution < 1.29 is 22.7 Å². The molecular formula is C33H34N4O5S2. The number of fused-ring (bicyclic) bond motifs is 2. The van der Waals surface area contributed by atoms with E-state index in [2.05, 4.69) is 34.4 Å². The highest BCUT2D eigenvalue weighted by Crippen LogP contribution is 2.37. The van der Waals surface area contributed by atoms with Crippen molar-refractivity contribution in [3.05, 3.63) is 88.4 Å². The van der Waals surface area contributed by atoms with Crippen LogP contribution in [0.15, 0.2) is 76.7 Å². The zero-order valence-corrected chi connectivity index (χ0v) is 26.4. The molecule has 2 aliphatic heterocycles. The quantitative estimate of drug-likeness (QED) is 0.269. The van der Waals surface area contributed by atoms with Gasteiger partial charge in [-0.15, -0.1) is 11.3 Å². The largest absolute Gasteiger partial charge is 0.490 e. The van der Waals surface area contributed by atoms with E-state index in [0.29, 0.717) is 11.6 Å². The number of ether oxygens (including phenoxy) is 1. The second-order valence-electron chi connectivity index (χ2n) is 11.4. The van der Waals surface area contributed by atoms with Gasteiger partial charge in [-0.3, -0.25) is 9.59 Å². The van der Waals surface area contributed by atoms with Gasteiger partial charge < -0.3 is 20.3 Å². The molecule has 9 nitrogen and oxygen atoms in total. The number of thiazole rings is 1. The molecule has 44 heavy (non-hydrogen) atoms. The Balaban J connectivity index is 1.10. The van der Waals surface area contributed by atoms with E-state index < -0.39 is 15.7 Å². The van der Waals surface area contributed by atoms with Crippen molar-refractivity contribution in [1.82, 2.24) is 15.2 Å². The molecule has 0 unspecified atom stereocenters. The summed E-state index contributed by atoms with van der Waals surface area (Å²) in [7, 11) is -3.96. The van der Waals surface area contributed by atoms with Crippen LogP contribution in [0.3, 0.4) is 0 Å². The van der Waals surface area contributed by atoms with E-state index in [4.69, 9.17) is 4.74 Å². The lowest BCUT2D eigenvalue weighted by Gasteiger charge is -2.34. The first-order valence-corrected chi connectivity index (χ1v) is 16.9. The molecule has 11 heteroatoms. The molecule has 0 aliphatic carbocycles. The summed E-state index contributed by atoms with van der Waals surface area (Å²) in [6, 6.07) is 17.5. The maximum absolute atomic E-state index is 13.4. The fourth-order valence-corrected chi connectivity index (χ4v) is 8.19. The molecular weight excluding hydrogens is 597 g/mol. The molecule has 3 heterocycles. The molecule has 228 valence electrons. The Kier molecular flexibility index (Phi) is 8.28. The topological polar surface area (TPSA) is 118 Å². The van der Waals surface area contributed by atoms with Gasteiger partial charge in [-0.25, -0.2) is 13.4 Å². The highest BCUT2D eigenvalue weighted by molar-refractivity contribution is 7.91.